The fourth-order valence-electron chi connectivity index (χ4n) is 6.27. The number of nitrogens with zero attached hydrogens (tertiary/aromatic N) is 7. The third kappa shape index (κ3) is 6.79. The summed E-state index contributed by atoms with van der Waals surface area (Å²) in [7, 11) is -3.92. The van der Waals surface area contributed by atoms with Crippen LogP contribution in [-0.4, -0.2) is 20.4 Å². The van der Waals surface area contributed by atoms with Crippen LogP contribution in [0.15, 0.2) is 206 Å². The van der Waals surface area contributed by atoms with Crippen LogP contribution in [0.5, 0.6) is 0 Å². The van der Waals surface area contributed by atoms with Gasteiger partial charge in [-0.25, -0.2) is 0 Å². The average Bonchev–Trinajstić information content (AvgIpc) is 3.24. The van der Waals surface area contributed by atoms with E-state index in [0.29, 0.717) is 23.0 Å². The minimum Gasteiger partial charge on any atom is -0.294 e. The highest BCUT2D eigenvalue weighted by atomic mass is 31.2. The summed E-state index contributed by atoms with van der Waals surface area (Å²) in [6.07, 6.45) is 0. The summed E-state index contributed by atoms with van der Waals surface area (Å²) in [6.45, 7) is 0. The Labute approximate surface area is 308 Å². The molecule has 9 heteroatoms. The molecule has 53 heavy (non-hydrogen) atoms. The summed E-state index contributed by atoms with van der Waals surface area (Å²) in [5.74, 6) is 1.15. The Bertz CT molecular complexity index is 2160. The van der Waals surface area contributed by atoms with Crippen molar-refractivity contribution >= 4 is 63.9 Å². The molecule has 0 aliphatic rings. The molecule has 6 aromatic carbocycles. The maximum atomic E-state index is 16.3. The van der Waals surface area contributed by atoms with E-state index in [4.69, 9.17) is 20.4 Å². The van der Waals surface area contributed by atoms with Crippen LogP contribution in [0.3, 0.4) is 0 Å². The monoisotopic (exact) mass is 707 g/mol. The summed E-state index contributed by atoms with van der Waals surface area (Å²) in [4.78, 5) is 4.04. The minimum atomic E-state index is -3.92. The Morgan fingerprint density at radius 2 is 0.566 bits per heavy atom. The summed E-state index contributed by atoms with van der Waals surface area (Å²) in [6, 6.07) is 66.5. The molecule has 0 saturated carbocycles. The molecular formula is C44H34N7OP. The van der Waals surface area contributed by atoms with Crippen LogP contribution in [0.1, 0.15) is 0 Å². The molecule has 0 spiro atoms. The number of rotatable bonds is 11. The van der Waals surface area contributed by atoms with Crippen LogP contribution in [-0.2, 0) is 4.57 Å². The van der Waals surface area contributed by atoms with Crippen molar-refractivity contribution in [3.63, 3.8) is 0 Å². The second-order valence-electron chi connectivity index (χ2n) is 12.1. The lowest BCUT2D eigenvalue weighted by Crippen LogP contribution is -2.33. The lowest BCUT2D eigenvalue weighted by molar-refractivity contribution is 0.585. The standard InChI is InChI=1S/C44H34N7OP/c52-53(51(39-27-15-5-16-28-39)40-29-17-6-18-30-40,43-33-31-41(45-47-43)49(35-19-7-1-8-20-35)36-21-9-2-10-22-36)44-34-32-42(46-48-44)50(37-23-11-3-12-24-37)38-25-13-4-14-26-38/h1-34H. The van der Waals surface area contributed by atoms with Crippen LogP contribution in [0.4, 0.5) is 45.8 Å². The minimum absolute atomic E-state index is 0.264. The molecule has 0 fully saturated rings. The van der Waals surface area contributed by atoms with E-state index in [0.717, 1.165) is 22.7 Å². The number of anilines is 8. The molecule has 0 bridgehead atoms. The SMILES string of the molecule is O=P(c1ccc(N(c2ccccc2)c2ccccc2)nn1)(c1ccc(N(c2ccccc2)c2ccccc2)nn1)N(c1ccccc1)c1ccccc1. The highest BCUT2D eigenvalue weighted by Crippen LogP contribution is 2.54. The van der Waals surface area contributed by atoms with Gasteiger partial charge in [-0.1, -0.05) is 109 Å². The summed E-state index contributed by atoms with van der Waals surface area (Å²) in [5.41, 5.74) is 5.63. The molecule has 0 atom stereocenters. The largest absolute Gasteiger partial charge is 0.294 e. The van der Waals surface area contributed by atoms with Gasteiger partial charge in [-0.3, -0.25) is 19.0 Å². The molecule has 8 rings (SSSR count). The fourth-order valence-corrected chi connectivity index (χ4v) is 8.72. The third-order valence-electron chi connectivity index (χ3n) is 8.69. The lowest BCUT2D eigenvalue weighted by atomic mass is 10.2. The number of hydrogen-bond donors (Lipinski definition) is 0. The second kappa shape index (κ2) is 15.2. The van der Waals surface area contributed by atoms with E-state index in [9.17, 15) is 0 Å². The van der Waals surface area contributed by atoms with E-state index < -0.39 is 7.29 Å². The van der Waals surface area contributed by atoms with Crippen molar-refractivity contribution in [2.24, 2.45) is 0 Å². The maximum absolute atomic E-state index is 16.3. The molecule has 8 aromatic rings. The van der Waals surface area contributed by atoms with Gasteiger partial charge in [0.05, 0.1) is 0 Å². The van der Waals surface area contributed by atoms with E-state index in [1.165, 1.54) is 0 Å². The van der Waals surface area contributed by atoms with Gasteiger partial charge in [0.15, 0.2) is 11.6 Å². The summed E-state index contributed by atoms with van der Waals surface area (Å²) < 4.78 is 18.1. The number of aromatic nitrogens is 4. The van der Waals surface area contributed by atoms with Gasteiger partial charge in [-0.05, 0) is 97.1 Å². The smallest absolute Gasteiger partial charge is 0.273 e. The van der Waals surface area contributed by atoms with Crippen molar-refractivity contribution in [2.45, 2.75) is 0 Å². The average molecular weight is 708 g/mol. The Hall–Kier alpha value is -6.89. The molecule has 0 amide bonds. The van der Waals surface area contributed by atoms with Crippen LogP contribution >= 0.6 is 7.29 Å². The van der Waals surface area contributed by atoms with E-state index >= 15 is 4.57 Å². The molecule has 0 unspecified atom stereocenters. The first kappa shape index (κ1) is 33.3. The van der Waals surface area contributed by atoms with Crippen molar-refractivity contribution in [3.8, 4) is 0 Å². The lowest BCUT2D eigenvalue weighted by Gasteiger charge is -2.33. The fraction of sp³-hybridized carbons (Fsp3) is 0. The number of benzene rings is 6. The third-order valence-corrected chi connectivity index (χ3v) is 11.4. The van der Waals surface area contributed by atoms with Crippen LogP contribution < -0.4 is 25.3 Å². The zero-order valence-corrected chi connectivity index (χ0v) is 29.5. The molecule has 0 radical (unpaired) electrons. The topological polar surface area (TPSA) is 78.4 Å². The summed E-state index contributed by atoms with van der Waals surface area (Å²) >= 11 is 0. The Kier molecular flexibility index (Phi) is 9.51. The number of para-hydroxylation sites is 6. The molecule has 0 N–H and O–H groups in total. The molecular weight excluding hydrogens is 674 g/mol. The van der Waals surface area contributed by atoms with Gasteiger partial charge >= 0.3 is 0 Å². The first-order chi connectivity index (χ1) is 26.2. The van der Waals surface area contributed by atoms with Crippen LogP contribution in [0.2, 0.25) is 0 Å². The Morgan fingerprint density at radius 3 is 0.811 bits per heavy atom. The Balaban J connectivity index is 1.29. The van der Waals surface area contributed by atoms with Gasteiger partial charge < -0.3 is 0 Å². The molecule has 0 aliphatic carbocycles. The Morgan fingerprint density at radius 1 is 0.302 bits per heavy atom. The van der Waals surface area contributed by atoms with Crippen molar-refractivity contribution in [2.75, 3.05) is 14.5 Å². The van der Waals surface area contributed by atoms with Gasteiger partial charge in [0.1, 0.15) is 10.9 Å². The second-order valence-corrected chi connectivity index (χ2v) is 14.5. The van der Waals surface area contributed by atoms with Gasteiger partial charge in [-0.15, -0.1) is 20.4 Å². The predicted octanol–water partition coefficient (Wildman–Crippen LogP) is 10.3. The molecule has 8 nitrogen and oxygen atoms in total. The molecule has 2 aromatic heterocycles. The van der Waals surface area contributed by atoms with E-state index in [1.807, 2.05) is 209 Å². The van der Waals surface area contributed by atoms with E-state index in [2.05, 4.69) is 0 Å². The van der Waals surface area contributed by atoms with Gasteiger partial charge in [0.25, 0.3) is 7.29 Å². The van der Waals surface area contributed by atoms with Gasteiger partial charge in [0.2, 0.25) is 0 Å². The zero-order valence-electron chi connectivity index (χ0n) is 28.6. The van der Waals surface area contributed by atoms with Crippen molar-refractivity contribution < 1.29 is 4.57 Å². The van der Waals surface area contributed by atoms with Crippen molar-refractivity contribution in [1.29, 1.82) is 0 Å². The first-order valence-electron chi connectivity index (χ1n) is 17.2. The normalized spacial score (nSPS) is 11.1. The highest BCUT2D eigenvalue weighted by Gasteiger charge is 2.40. The highest BCUT2D eigenvalue weighted by molar-refractivity contribution is 7.80. The first-order valence-corrected chi connectivity index (χ1v) is 18.9. The van der Waals surface area contributed by atoms with Crippen molar-refractivity contribution in [3.05, 3.63) is 206 Å². The molecule has 0 aliphatic heterocycles. The van der Waals surface area contributed by atoms with E-state index in [1.54, 1.807) is 12.1 Å². The van der Waals surface area contributed by atoms with E-state index in [-0.39, 0.29) is 10.9 Å². The quantitative estimate of drug-likeness (QED) is 0.123. The molecule has 2 heterocycles. The molecule has 256 valence electrons. The van der Waals surface area contributed by atoms with Crippen molar-refractivity contribution in [1.82, 2.24) is 20.4 Å². The van der Waals surface area contributed by atoms with Crippen LogP contribution in [0, 0.1) is 0 Å². The molecule has 0 saturated heterocycles. The van der Waals surface area contributed by atoms with Gasteiger partial charge in [-0.2, -0.15) is 0 Å². The number of hydrogen-bond acceptors (Lipinski definition) is 7. The maximum Gasteiger partial charge on any atom is 0.273 e. The summed E-state index contributed by atoms with van der Waals surface area (Å²) in [5, 5.41) is 19.0. The van der Waals surface area contributed by atoms with Gasteiger partial charge in [0, 0.05) is 34.1 Å². The van der Waals surface area contributed by atoms with Crippen LogP contribution in [0.25, 0.3) is 0 Å². The zero-order chi connectivity index (χ0) is 35.9. The predicted molar refractivity (Wildman–Crippen MR) is 215 cm³/mol.